The van der Waals surface area contributed by atoms with Crippen LogP contribution in [-0.2, 0) is 0 Å². The molecule has 0 radical (unpaired) electrons. The summed E-state index contributed by atoms with van der Waals surface area (Å²) in [5.74, 6) is 1.37. The molecule has 2 aromatic heterocycles. The smallest absolute Gasteiger partial charge is 0.252 e. The molecule has 254 valence electrons. The third-order valence-electron chi connectivity index (χ3n) is 8.52. The van der Waals surface area contributed by atoms with Gasteiger partial charge >= 0.3 is 0 Å². The number of aromatic nitrogens is 2. The minimum absolute atomic E-state index is 0.114. The molecular formula is C42H42N4O4. The van der Waals surface area contributed by atoms with Crippen LogP contribution in [0.2, 0.25) is 0 Å². The molecule has 0 saturated carbocycles. The molecule has 2 N–H and O–H groups in total. The summed E-state index contributed by atoms with van der Waals surface area (Å²) in [7, 11) is 0. The second-order valence-corrected chi connectivity index (χ2v) is 12.0. The van der Waals surface area contributed by atoms with Crippen LogP contribution in [0.5, 0.6) is 11.5 Å². The summed E-state index contributed by atoms with van der Waals surface area (Å²) >= 11 is 0. The zero-order chi connectivity index (χ0) is 34.7. The van der Waals surface area contributed by atoms with Crippen LogP contribution in [0.3, 0.4) is 0 Å². The number of para-hydroxylation sites is 2. The zero-order valence-electron chi connectivity index (χ0n) is 28.6. The van der Waals surface area contributed by atoms with Crippen molar-refractivity contribution < 1.29 is 19.1 Å². The first kappa shape index (κ1) is 34.1. The molecule has 6 aromatic rings. The highest BCUT2D eigenvalue weighted by atomic mass is 16.5. The Hall–Kier alpha value is -5.76. The van der Waals surface area contributed by atoms with Crippen molar-refractivity contribution >= 4 is 33.6 Å². The van der Waals surface area contributed by atoms with Gasteiger partial charge in [0.05, 0.1) is 46.8 Å². The van der Waals surface area contributed by atoms with Gasteiger partial charge in [-0.15, -0.1) is 0 Å². The van der Waals surface area contributed by atoms with E-state index in [0.717, 1.165) is 81.5 Å². The Kier molecular flexibility index (Phi) is 11.3. The number of carbonyl (C=O) groups excluding carboxylic acids is 2. The number of hydrogen-bond acceptors (Lipinski definition) is 6. The summed E-state index contributed by atoms with van der Waals surface area (Å²) in [5.41, 5.74) is 6.10. The normalized spacial score (nSPS) is 11.0. The topological polar surface area (TPSA) is 102 Å². The zero-order valence-corrected chi connectivity index (χ0v) is 28.6. The SMILES string of the molecule is CCOc1ccc(-c2cc(C(=O)NCCCCCCNC(=O)c3cc(-c4ccc(OCC)cc4)nc4ccccc34)c3ccccc3n2)cc1. The molecule has 0 aliphatic rings. The highest BCUT2D eigenvalue weighted by molar-refractivity contribution is 6.08. The van der Waals surface area contributed by atoms with Gasteiger partial charge in [-0.3, -0.25) is 9.59 Å². The molecule has 0 spiro atoms. The molecule has 4 aromatic carbocycles. The van der Waals surface area contributed by atoms with Crippen molar-refractivity contribution in [1.29, 1.82) is 0 Å². The van der Waals surface area contributed by atoms with Gasteiger partial charge in [0.2, 0.25) is 0 Å². The van der Waals surface area contributed by atoms with Crippen molar-refractivity contribution in [3.63, 3.8) is 0 Å². The van der Waals surface area contributed by atoms with Gasteiger partial charge in [0.1, 0.15) is 11.5 Å². The first-order valence-electron chi connectivity index (χ1n) is 17.4. The highest BCUT2D eigenvalue weighted by Crippen LogP contribution is 2.28. The lowest BCUT2D eigenvalue weighted by Gasteiger charge is -2.12. The summed E-state index contributed by atoms with van der Waals surface area (Å²) < 4.78 is 11.2. The lowest BCUT2D eigenvalue weighted by atomic mass is 10.0. The van der Waals surface area contributed by atoms with Crippen molar-refractivity contribution in [2.45, 2.75) is 39.5 Å². The molecule has 0 aliphatic carbocycles. The van der Waals surface area contributed by atoms with E-state index in [0.29, 0.717) is 37.4 Å². The Morgan fingerprint density at radius 3 is 1.34 bits per heavy atom. The summed E-state index contributed by atoms with van der Waals surface area (Å²) in [6, 6.07) is 34.7. The Labute approximate surface area is 292 Å². The van der Waals surface area contributed by atoms with E-state index in [1.54, 1.807) is 0 Å². The van der Waals surface area contributed by atoms with Crippen molar-refractivity contribution in [1.82, 2.24) is 20.6 Å². The number of rotatable bonds is 15. The third-order valence-corrected chi connectivity index (χ3v) is 8.52. The Morgan fingerprint density at radius 1 is 0.540 bits per heavy atom. The Bertz CT molecular complexity index is 1930. The number of carbonyl (C=O) groups is 2. The predicted octanol–water partition coefficient (Wildman–Crippen LogP) is 8.63. The van der Waals surface area contributed by atoms with Crippen LogP contribution >= 0.6 is 0 Å². The van der Waals surface area contributed by atoms with Crippen LogP contribution in [0.25, 0.3) is 44.3 Å². The van der Waals surface area contributed by atoms with Crippen LogP contribution in [0.15, 0.2) is 109 Å². The van der Waals surface area contributed by atoms with E-state index in [1.807, 2.05) is 123 Å². The first-order chi connectivity index (χ1) is 24.5. The fourth-order valence-corrected chi connectivity index (χ4v) is 6.00. The van der Waals surface area contributed by atoms with Crippen molar-refractivity contribution in [2.75, 3.05) is 26.3 Å². The molecule has 0 bridgehead atoms. The van der Waals surface area contributed by atoms with Crippen molar-refractivity contribution in [2.24, 2.45) is 0 Å². The second kappa shape index (κ2) is 16.6. The van der Waals surface area contributed by atoms with Crippen LogP contribution in [-0.4, -0.2) is 48.1 Å². The van der Waals surface area contributed by atoms with Crippen molar-refractivity contribution in [3.05, 3.63) is 120 Å². The van der Waals surface area contributed by atoms with Gasteiger partial charge in [-0.25, -0.2) is 9.97 Å². The number of hydrogen-bond donors (Lipinski definition) is 2. The van der Waals surface area contributed by atoms with E-state index in [-0.39, 0.29) is 11.8 Å². The fourth-order valence-electron chi connectivity index (χ4n) is 6.00. The molecule has 6 rings (SSSR count). The van der Waals surface area contributed by atoms with Gasteiger partial charge < -0.3 is 20.1 Å². The molecule has 0 atom stereocenters. The molecule has 0 aliphatic heterocycles. The van der Waals surface area contributed by atoms with Crippen molar-refractivity contribution in [3.8, 4) is 34.0 Å². The molecule has 0 unspecified atom stereocenters. The van der Waals surface area contributed by atoms with Crippen LogP contribution in [0.4, 0.5) is 0 Å². The minimum atomic E-state index is -0.114. The van der Waals surface area contributed by atoms with Crippen LogP contribution in [0.1, 0.15) is 60.2 Å². The number of nitrogens with zero attached hydrogens (tertiary/aromatic N) is 2. The third kappa shape index (κ3) is 8.26. The van der Waals surface area contributed by atoms with E-state index >= 15 is 0 Å². The first-order valence-corrected chi connectivity index (χ1v) is 17.4. The maximum Gasteiger partial charge on any atom is 0.252 e. The minimum Gasteiger partial charge on any atom is -0.494 e. The van der Waals surface area contributed by atoms with E-state index in [9.17, 15) is 9.59 Å². The lowest BCUT2D eigenvalue weighted by Crippen LogP contribution is -2.25. The molecule has 8 nitrogen and oxygen atoms in total. The highest BCUT2D eigenvalue weighted by Gasteiger charge is 2.15. The number of amides is 2. The average Bonchev–Trinajstić information content (AvgIpc) is 3.15. The Balaban J connectivity index is 0.999. The van der Waals surface area contributed by atoms with Gasteiger partial charge in [0, 0.05) is 35.0 Å². The summed E-state index contributed by atoms with van der Waals surface area (Å²) in [6.45, 7) is 6.25. The van der Waals surface area contributed by atoms with E-state index in [4.69, 9.17) is 19.4 Å². The summed E-state index contributed by atoms with van der Waals surface area (Å²) in [5, 5.41) is 7.85. The second-order valence-electron chi connectivity index (χ2n) is 12.0. The number of benzene rings is 4. The molecule has 0 saturated heterocycles. The van der Waals surface area contributed by atoms with Crippen LogP contribution < -0.4 is 20.1 Å². The standard InChI is InChI=1S/C42H42N4O4/c1-3-49-31-21-17-29(18-22-31)39-27-35(33-13-7-9-15-37(33)45-39)41(47)43-25-11-5-6-12-26-44-42(48)36-28-40(46-38-16-10-8-14-34(36)38)30-19-23-32(24-20-30)50-4-2/h7-10,13-24,27-28H,3-6,11-12,25-26H2,1-2H3,(H,43,47)(H,44,48). The number of unbranched alkanes of at least 4 members (excludes halogenated alkanes) is 3. The maximum absolute atomic E-state index is 13.4. The largest absolute Gasteiger partial charge is 0.494 e. The predicted molar refractivity (Wildman–Crippen MR) is 200 cm³/mol. The molecule has 2 heterocycles. The van der Waals surface area contributed by atoms with E-state index in [2.05, 4.69) is 10.6 Å². The summed E-state index contributed by atoms with van der Waals surface area (Å²) in [6.07, 6.45) is 3.55. The Morgan fingerprint density at radius 2 is 0.940 bits per heavy atom. The van der Waals surface area contributed by atoms with Gasteiger partial charge in [-0.05, 0) is 99.5 Å². The number of fused-ring (bicyclic) bond motifs is 2. The van der Waals surface area contributed by atoms with Gasteiger partial charge in [0.25, 0.3) is 11.8 Å². The number of pyridine rings is 2. The fraction of sp³-hybridized carbons (Fsp3) is 0.238. The lowest BCUT2D eigenvalue weighted by molar-refractivity contribution is 0.0945. The monoisotopic (exact) mass is 666 g/mol. The molecule has 0 fully saturated rings. The maximum atomic E-state index is 13.4. The molecule has 50 heavy (non-hydrogen) atoms. The van der Waals surface area contributed by atoms with E-state index in [1.165, 1.54) is 0 Å². The molecular weight excluding hydrogens is 624 g/mol. The number of ether oxygens (including phenoxy) is 2. The van der Waals surface area contributed by atoms with Gasteiger partial charge in [-0.2, -0.15) is 0 Å². The number of nitrogens with one attached hydrogen (secondary N) is 2. The van der Waals surface area contributed by atoms with Gasteiger partial charge in [0.15, 0.2) is 0 Å². The molecule has 2 amide bonds. The molecule has 8 heteroatoms. The summed E-state index contributed by atoms with van der Waals surface area (Å²) in [4.78, 5) is 36.4. The quantitative estimate of drug-likeness (QED) is 0.106. The van der Waals surface area contributed by atoms with Crippen LogP contribution in [0, 0.1) is 0 Å². The average molecular weight is 667 g/mol. The van der Waals surface area contributed by atoms with E-state index < -0.39 is 0 Å². The van der Waals surface area contributed by atoms with Gasteiger partial charge in [-0.1, -0.05) is 49.2 Å².